The van der Waals surface area contributed by atoms with E-state index in [0.29, 0.717) is 28.8 Å². The largest absolute Gasteiger partial charge is 0.507 e. The first-order chi connectivity index (χ1) is 18.9. The van der Waals surface area contributed by atoms with Gasteiger partial charge in [-0.1, -0.05) is 42.8 Å². The molecule has 6 atom stereocenters. The normalized spacial score (nSPS) is 33.2. The van der Waals surface area contributed by atoms with E-state index in [1.165, 1.54) is 11.9 Å². The van der Waals surface area contributed by atoms with Gasteiger partial charge in [0, 0.05) is 13.0 Å². The van der Waals surface area contributed by atoms with Crippen LogP contribution >= 0.6 is 23.2 Å². The Morgan fingerprint density at radius 3 is 2.17 bits per heavy atom. The third-order valence-corrected chi connectivity index (χ3v) is 10.9. The maximum absolute atomic E-state index is 14.0. The molecule has 0 bridgehead atoms. The molecule has 2 heterocycles. The third-order valence-electron chi connectivity index (χ3n) is 9.46. The van der Waals surface area contributed by atoms with E-state index in [1.54, 1.807) is 38.1 Å². The molecule has 4 amide bonds. The van der Waals surface area contributed by atoms with Gasteiger partial charge in [0.1, 0.15) is 5.75 Å². The van der Waals surface area contributed by atoms with Crippen molar-refractivity contribution in [3.8, 4) is 5.75 Å². The van der Waals surface area contributed by atoms with Crippen LogP contribution in [0.1, 0.15) is 47.9 Å². The molecule has 208 valence electrons. The first-order valence-corrected chi connectivity index (χ1v) is 14.3. The van der Waals surface area contributed by atoms with E-state index in [9.17, 15) is 24.3 Å². The van der Waals surface area contributed by atoms with Crippen molar-refractivity contribution < 1.29 is 24.3 Å². The second-order valence-electron chi connectivity index (χ2n) is 11.5. The van der Waals surface area contributed by atoms with Crippen LogP contribution in [0.4, 0.5) is 5.69 Å². The van der Waals surface area contributed by atoms with Gasteiger partial charge >= 0.3 is 0 Å². The number of amides is 4. The summed E-state index contributed by atoms with van der Waals surface area (Å²) in [6.45, 7) is 5.53. The number of likely N-dealkylation sites (tertiary alicyclic amines) is 1. The summed E-state index contributed by atoms with van der Waals surface area (Å²) in [7, 11) is 1.37. The van der Waals surface area contributed by atoms with Gasteiger partial charge in [0.15, 0.2) is 9.75 Å². The summed E-state index contributed by atoms with van der Waals surface area (Å²) in [5, 5.41) is 10.5. The number of hydrogen-bond acceptors (Lipinski definition) is 5. The Morgan fingerprint density at radius 2 is 1.57 bits per heavy atom. The highest BCUT2D eigenvalue weighted by atomic mass is 35.5. The Balaban J connectivity index is 1.51. The fourth-order valence-corrected chi connectivity index (χ4v) is 8.43. The highest BCUT2D eigenvalue weighted by Crippen LogP contribution is 2.65. The minimum absolute atomic E-state index is 0.0475. The number of halogens is 2. The van der Waals surface area contributed by atoms with Crippen LogP contribution in [0.2, 0.25) is 0 Å². The molecule has 40 heavy (non-hydrogen) atoms. The van der Waals surface area contributed by atoms with E-state index < -0.39 is 45.2 Å². The molecule has 2 aromatic rings. The number of imide groups is 2. The molecule has 0 spiro atoms. The van der Waals surface area contributed by atoms with E-state index in [4.69, 9.17) is 23.2 Å². The highest BCUT2D eigenvalue weighted by Gasteiger charge is 2.75. The molecule has 0 unspecified atom stereocenters. The Kier molecular flexibility index (Phi) is 6.03. The van der Waals surface area contributed by atoms with Gasteiger partial charge in [0.25, 0.3) is 11.8 Å². The Bertz CT molecular complexity index is 1510. The molecular formula is C31H30Cl2N2O5. The molecule has 7 nitrogen and oxygen atoms in total. The summed E-state index contributed by atoms with van der Waals surface area (Å²) < 4.78 is 0. The SMILES string of the molecule is CCc1ccc(N2C(=O)[C@H]3[C@H](CC=C4[C@H]3C[C@@]3(Cl)C(=O)N(C)C(=O)[C@@]3(Cl)[C@H]4c3cc(C)c(O)c(C)c3)C2=O)cc1. The molecule has 3 fully saturated rings. The molecule has 2 aliphatic heterocycles. The van der Waals surface area contributed by atoms with Gasteiger partial charge in [-0.25, -0.2) is 0 Å². The first-order valence-electron chi connectivity index (χ1n) is 13.5. The Morgan fingerprint density at radius 1 is 0.950 bits per heavy atom. The number of benzene rings is 2. The summed E-state index contributed by atoms with van der Waals surface area (Å²) in [5.74, 6) is -4.48. The van der Waals surface area contributed by atoms with Crippen molar-refractivity contribution in [3.63, 3.8) is 0 Å². The number of nitrogens with zero attached hydrogens (tertiary/aromatic N) is 2. The third kappa shape index (κ3) is 3.31. The van der Waals surface area contributed by atoms with Gasteiger partial charge in [0.2, 0.25) is 11.8 Å². The molecule has 0 aromatic heterocycles. The fourth-order valence-electron chi connectivity index (χ4n) is 7.41. The lowest BCUT2D eigenvalue weighted by Gasteiger charge is -2.51. The number of phenolic OH excluding ortho intramolecular Hbond substituents is 1. The Hall–Kier alpha value is -3.16. The summed E-state index contributed by atoms with van der Waals surface area (Å²) in [6, 6.07) is 10.9. The second-order valence-corrected chi connectivity index (χ2v) is 12.8. The van der Waals surface area contributed by atoms with E-state index >= 15 is 0 Å². The van der Waals surface area contributed by atoms with Crippen molar-refractivity contribution >= 4 is 52.5 Å². The molecule has 6 rings (SSSR count). The predicted octanol–water partition coefficient (Wildman–Crippen LogP) is 4.76. The van der Waals surface area contributed by atoms with E-state index in [1.807, 2.05) is 25.1 Å². The zero-order chi connectivity index (χ0) is 28.9. The predicted molar refractivity (Wildman–Crippen MR) is 151 cm³/mol. The molecule has 2 saturated heterocycles. The van der Waals surface area contributed by atoms with Crippen LogP contribution < -0.4 is 4.90 Å². The molecule has 2 aromatic carbocycles. The molecular weight excluding hydrogens is 551 g/mol. The quantitative estimate of drug-likeness (QED) is 0.321. The van der Waals surface area contributed by atoms with Crippen LogP contribution in [0.3, 0.4) is 0 Å². The first kappa shape index (κ1) is 27.0. The van der Waals surface area contributed by atoms with E-state index in [2.05, 4.69) is 0 Å². The zero-order valence-corrected chi connectivity index (χ0v) is 24.2. The van der Waals surface area contributed by atoms with Crippen LogP contribution in [0.25, 0.3) is 0 Å². The maximum atomic E-state index is 14.0. The number of alkyl halides is 2. The summed E-state index contributed by atoms with van der Waals surface area (Å²) in [6.07, 6.45) is 3.00. The van der Waals surface area contributed by atoms with Crippen molar-refractivity contribution in [2.75, 3.05) is 11.9 Å². The van der Waals surface area contributed by atoms with Gasteiger partial charge in [-0.05, 0) is 73.4 Å². The van der Waals surface area contributed by atoms with Crippen LogP contribution in [-0.4, -0.2) is 50.4 Å². The summed E-state index contributed by atoms with van der Waals surface area (Å²) >= 11 is 14.4. The molecule has 1 N–H and O–H groups in total. The molecule has 4 aliphatic rings. The zero-order valence-electron chi connectivity index (χ0n) is 22.7. The van der Waals surface area contributed by atoms with Gasteiger partial charge < -0.3 is 5.11 Å². The van der Waals surface area contributed by atoms with Crippen LogP contribution in [0.15, 0.2) is 48.0 Å². The van der Waals surface area contributed by atoms with Crippen molar-refractivity contribution in [1.29, 1.82) is 0 Å². The maximum Gasteiger partial charge on any atom is 0.253 e. The van der Waals surface area contributed by atoms with Crippen molar-refractivity contribution in [2.45, 2.75) is 55.7 Å². The minimum Gasteiger partial charge on any atom is -0.507 e. The lowest BCUT2D eigenvalue weighted by atomic mass is 9.56. The second kappa shape index (κ2) is 8.92. The molecule has 9 heteroatoms. The number of fused-ring (bicyclic) bond motifs is 4. The fraction of sp³-hybridized carbons (Fsp3) is 0.419. The number of aryl methyl sites for hydroxylation is 3. The number of carbonyl (C=O) groups is 4. The van der Waals surface area contributed by atoms with Gasteiger partial charge in [0.05, 0.1) is 17.5 Å². The standard InChI is InChI=1S/C31H30Cl2N2O5/c1-5-17-6-8-19(9-7-17)35-26(37)21-11-10-20-22(23(21)27(35)38)14-30(32)28(39)34(4)29(40)31(30,33)24(20)18-12-15(2)25(36)16(3)13-18/h6-10,12-13,21-24,36H,5,11,14H2,1-4H3/t21-,22+,23-,24-,30+,31-/m0/s1. The lowest BCUT2D eigenvalue weighted by Crippen LogP contribution is -2.60. The average molecular weight is 581 g/mol. The monoisotopic (exact) mass is 580 g/mol. The molecule has 0 radical (unpaired) electrons. The average Bonchev–Trinajstić information content (AvgIpc) is 3.26. The minimum atomic E-state index is -1.84. The smallest absolute Gasteiger partial charge is 0.253 e. The van der Waals surface area contributed by atoms with Gasteiger partial charge in [-0.15, -0.1) is 23.2 Å². The summed E-state index contributed by atoms with van der Waals surface area (Å²) in [5.41, 5.74) is 4.14. The van der Waals surface area contributed by atoms with Gasteiger partial charge in [-0.2, -0.15) is 0 Å². The number of anilines is 1. The van der Waals surface area contributed by atoms with Crippen molar-refractivity contribution in [3.05, 3.63) is 70.3 Å². The van der Waals surface area contributed by atoms with Crippen molar-refractivity contribution in [1.82, 2.24) is 4.90 Å². The number of allylic oxidation sites excluding steroid dienone is 2. The van der Waals surface area contributed by atoms with Crippen LogP contribution in [-0.2, 0) is 25.6 Å². The van der Waals surface area contributed by atoms with Crippen LogP contribution in [0.5, 0.6) is 5.75 Å². The van der Waals surface area contributed by atoms with Gasteiger partial charge in [-0.3, -0.25) is 29.0 Å². The molecule has 2 aliphatic carbocycles. The lowest BCUT2D eigenvalue weighted by molar-refractivity contribution is -0.138. The van der Waals surface area contributed by atoms with E-state index in [0.717, 1.165) is 22.5 Å². The van der Waals surface area contributed by atoms with Crippen molar-refractivity contribution in [2.24, 2.45) is 17.8 Å². The van der Waals surface area contributed by atoms with Crippen LogP contribution in [0, 0.1) is 31.6 Å². The number of rotatable bonds is 3. The number of carbonyl (C=O) groups excluding carboxylic acids is 4. The highest BCUT2D eigenvalue weighted by molar-refractivity contribution is 6.53. The summed E-state index contributed by atoms with van der Waals surface area (Å²) in [4.78, 5) is 53.5. The topological polar surface area (TPSA) is 95.0 Å². The number of hydrogen-bond donors (Lipinski definition) is 1. The molecule has 1 saturated carbocycles. The van der Waals surface area contributed by atoms with E-state index in [-0.39, 0.29) is 24.0 Å². The Labute approximate surface area is 242 Å². The number of phenols is 1. The number of aromatic hydroxyl groups is 1.